The van der Waals surface area contributed by atoms with Gasteiger partial charge in [0.15, 0.2) is 0 Å². The lowest BCUT2D eigenvalue weighted by molar-refractivity contribution is 0.0685. The van der Waals surface area contributed by atoms with Crippen LogP contribution in [0.2, 0.25) is 5.02 Å². The monoisotopic (exact) mass is 254 g/mol. The fourth-order valence-corrected chi connectivity index (χ4v) is 1.64. The first-order valence-corrected chi connectivity index (χ1v) is 5.09. The third-order valence-corrected chi connectivity index (χ3v) is 2.60. The number of hydrogen-bond acceptors (Lipinski definition) is 2. The molecule has 0 aliphatic carbocycles. The lowest BCUT2D eigenvalue weighted by Gasteiger charge is -1.98. The van der Waals surface area contributed by atoms with Crippen LogP contribution >= 0.6 is 11.6 Å². The first-order chi connectivity index (χ1) is 7.99. The van der Waals surface area contributed by atoms with Gasteiger partial charge in [0, 0.05) is 12.6 Å². The maximum atomic E-state index is 13.0. The van der Waals surface area contributed by atoms with Crippen LogP contribution in [0.4, 0.5) is 4.39 Å². The molecule has 0 saturated heterocycles. The van der Waals surface area contributed by atoms with Crippen molar-refractivity contribution < 1.29 is 14.3 Å². The molecule has 0 radical (unpaired) electrons. The highest BCUT2D eigenvalue weighted by molar-refractivity contribution is 6.31. The Balaban J connectivity index is 2.50. The maximum absolute atomic E-state index is 13.0. The molecule has 0 amide bonds. The van der Waals surface area contributed by atoms with Crippen molar-refractivity contribution in [1.82, 2.24) is 9.78 Å². The Kier molecular flexibility index (Phi) is 2.85. The number of rotatable bonds is 2. The molecule has 0 aliphatic heterocycles. The van der Waals surface area contributed by atoms with E-state index in [4.69, 9.17) is 16.7 Å². The second-order valence-corrected chi connectivity index (χ2v) is 3.88. The van der Waals surface area contributed by atoms with Crippen molar-refractivity contribution in [3.8, 4) is 11.3 Å². The molecule has 0 unspecified atom stereocenters. The van der Waals surface area contributed by atoms with E-state index in [2.05, 4.69) is 5.10 Å². The molecule has 0 fully saturated rings. The number of aromatic nitrogens is 2. The average Bonchev–Trinajstić information content (AvgIpc) is 2.64. The molecule has 0 aliphatic rings. The SMILES string of the molecule is Cn1nc(-c2ccc(F)c(Cl)c2)cc1C(=O)O. The Morgan fingerprint density at radius 1 is 1.47 bits per heavy atom. The molecule has 0 spiro atoms. The normalized spacial score (nSPS) is 10.5. The van der Waals surface area contributed by atoms with Gasteiger partial charge in [-0.25, -0.2) is 9.18 Å². The van der Waals surface area contributed by atoms with Crippen molar-refractivity contribution in [1.29, 1.82) is 0 Å². The van der Waals surface area contributed by atoms with Gasteiger partial charge in [-0.2, -0.15) is 5.10 Å². The fourth-order valence-electron chi connectivity index (χ4n) is 1.46. The van der Waals surface area contributed by atoms with Crippen LogP contribution in [0, 0.1) is 5.82 Å². The zero-order valence-corrected chi connectivity index (χ0v) is 9.57. The van der Waals surface area contributed by atoms with Gasteiger partial charge in [-0.1, -0.05) is 11.6 Å². The van der Waals surface area contributed by atoms with E-state index in [0.717, 1.165) is 0 Å². The largest absolute Gasteiger partial charge is 0.477 e. The summed E-state index contributed by atoms with van der Waals surface area (Å²) in [6.07, 6.45) is 0. The van der Waals surface area contributed by atoms with Crippen molar-refractivity contribution in [2.75, 3.05) is 0 Å². The third kappa shape index (κ3) is 2.14. The lowest BCUT2D eigenvalue weighted by Crippen LogP contribution is -2.04. The summed E-state index contributed by atoms with van der Waals surface area (Å²) in [6, 6.07) is 5.53. The quantitative estimate of drug-likeness (QED) is 0.896. The summed E-state index contributed by atoms with van der Waals surface area (Å²) in [5.41, 5.74) is 1.06. The van der Waals surface area contributed by atoms with Gasteiger partial charge in [0.1, 0.15) is 11.5 Å². The summed E-state index contributed by atoms with van der Waals surface area (Å²) in [7, 11) is 1.53. The van der Waals surface area contributed by atoms with E-state index in [1.54, 1.807) is 0 Å². The Bertz CT molecular complexity index is 595. The van der Waals surface area contributed by atoms with Gasteiger partial charge in [-0.3, -0.25) is 4.68 Å². The topological polar surface area (TPSA) is 55.1 Å². The van der Waals surface area contributed by atoms with Gasteiger partial charge in [0.25, 0.3) is 0 Å². The van der Waals surface area contributed by atoms with E-state index in [9.17, 15) is 9.18 Å². The number of nitrogens with zero attached hydrogens (tertiary/aromatic N) is 2. The summed E-state index contributed by atoms with van der Waals surface area (Å²) in [5.74, 6) is -1.59. The number of carboxylic acids is 1. The first kappa shape index (κ1) is 11.6. The van der Waals surface area contributed by atoms with Crippen LogP contribution in [0.15, 0.2) is 24.3 Å². The van der Waals surface area contributed by atoms with Crippen LogP contribution in [0.3, 0.4) is 0 Å². The molecule has 2 aromatic rings. The third-order valence-electron chi connectivity index (χ3n) is 2.31. The van der Waals surface area contributed by atoms with Crippen LogP contribution in [-0.2, 0) is 7.05 Å². The van der Waals surface area contributed by atoms with Gasteiger partial charge in [0.05, 0.1) is 10.7 Å². The van der Waals surface area contributed by atoms with E-state index in [1.807, 2.05) is 0 Å². The Hall–Kier alpha value is -1.88. The average molecular weight is 255 g/mol. The standard InChI is InChI=1S/C11H8ClFN2O2/c1-15-10(11(16)17)5-9(14-15)6-2-3-8(13)7(12)4-6/h2-5H,1H3,(H,16,17). The van der Waals surface area contributed by atoms with Gasteiger partial charge in [0.2, 0.25) is 0 Å². The minimum absolute atomic E-state index is 0.0231. The van der Waals surface area contributed by atoms with Crippen molar-refractivity contribution in [3.05, 3.63) is 40.8 Å². The molecule has 6 heteroatoms. The Labute approximate surface area is 101 Å². The molecular weight excluding hydrogens is 247 g/mol. The van der Waals surface area contributed by atoms with Gasteiger partial charge < -0.3 is 5.11 Å². The summed E-state index contributed by atoms with van der Waals surface area (Å²) < 4.78 is 14.2. The molecule has 1 heterocycles. The molecule has 2 rings (SSSR count). The predicted octanol–water partition coefficient (Wildman–Crippen LogP) is 2.58. The highest BCUT2D eigenvalue weighted by Crippen LogP contribution is 2.24. The minimum atomic E-state index is -1.07. The summed E-state index contributed by atoms with van der Waals surface area (Å²) >= 11 is 5.65. The molecule has 1 aromatic carbocycles. The number of aryl methyl sites for hydroxylation is 1. The second kappa shape index (κ2) is 4.18. The minimum Gasteiger partial charge on any atom is -0.477 e. The lowest BCUT2D eigenvalue weighted by atomic mass is 10.1. The number of halogens is 2. The first-order valence-electron chi connectivity index (χ1n) is 4.72. The van der Waals surface area contributed by atoms with Crippen molar-refractivity contribution >= 4 is 17.6 Å². The number of carbonyl (C=O) groups is 1. The zero-order chi connectivity index (χ0) is 12.6. The number of benzene rings is 1. The molecule has 88 valence electrons. The Morgan fingerprint density at radius 3 is 2.71 bits per heavy atom. The predicted molar refractivity (Wildman–Crippen MR) is 60.6 cm³/mol. The van der Waals surface area contributed by atoms with Crippen molar-refractivity contribution in [3.63, 3.8) is 0 Å². The van der Waals surface area contributed by atoms with Crippen LogP contribution in [0.1, 0.15) is 10.5 Å². The summed E-state index contributed by atoms with van der Waals surface area (Å²) in [5, 5.41) is 12.9. The highest BCUT2D eigenvalue weighted by Gasteiger charge is 2.13. The summed E-state index contributed by atoms with van der Waals surface area (Å²) in [4.78, 5) is 10.8. The molecule has 1 aromatic heterocycles. The van der Waals surface area contributed by atoms with Crippen molar-refractivity contribution in [2.24, 2.45) is 7.05 Å². The van der Waals surface area contributed by atoms with Crippen LogP contribution < -0.4 is 0 Å². The maximum Gasteiger partial charge on any atom is 0.354 e. The van der Waals surface area contributed by atoms with E-state index in [1.165, 1.54) is 36.0 Å². The van der Waals surface area contributed by atoms with Crippen LogP contribution in [-0.4, -0.2) is 20.9 Å². The second-order valence-electron chi connectivity index (χ2n) is 3.47. The van der Waals surface area contributed by atoms with Crippen molar-refractivity contribution in [2.45, 2.75) is 0 Å². The van der Waals surface area contributed by atoms with E-state index in [-0.39, 0.29) is 10.7 Å². The van der Waals surface area contributed by atoms with E-state index in [0.29, 0.717) is 11.3 Å². The molecule has 0 atom stereocenters. The van der Waals surface area contributed by atoms with Gasteiger partial charge in [-0.15, -0.1) is 0 Å². The molecule has 0 saturated carbocycles. The van der Waals surface area contributed by atoms with E-state index < -0.39 is 11.8 Å². The molecule has 4 nitrogen and oxygen atoms in total. The van der Waals surface area contributed by atoms with Crippen LogP contribution in [0.5, 0.6) is 0 Å². The number of carboxylic acid groups (broad SMARTS) is 1. The van der Waals surface area contributed by atoms with E-state index >= 15 is 0 Å². The van der Waals surface area contributed by atoms with Gasteiger partial charge in [-0.05, 0) is 24.3 Å². The number of aromatic carboxylic acids is 1. The smallest absolute Gasteiger partial charge is 0.354 e. The molecule has 1 N–H and O–H groups in total. The van der Waals surface area contributed by atoms with Crippen LogP contribution in [0.25, 0.3) is 11.3 Å². The molecule has 0 bridgehead atoms. The fraction of sp³-hybridized carbons (Fsp3) is 0.0909. The molecular formula is C11H8ClFN2O2. The number of hydrogen-bond donors (Lipinski definition) is 1. The zero-order valence-electron chi connectivity index (χ0n) is 8.82. The molecule has 17 heavy (non-hydrogen) atoms. The Morgan fingerprint density at radius 2 is 2.18 bits per heavy atom. The van der Waals surface area contributed by atoms with Gasteiger partial charge >= 0.3 is 5.97 Å². The highest BCUT2D eigenvalue weighted by atomic mass is 35.5. The summed E-state index contributed by atoms with van der Waals surface area (Å²) in [6.45, 7) is 0.